The second kappa shape index (κ2) is 5.24. The summed E-state index contributed by atoms with van der Waals surface area (Å²) in [4.78, 5) is 23.5. The average molecular weight is 287 g/mol. The Morgan fingerprint density at radius 3 is 2.42 bits per heavy atom. The number of aromatic nitrogens is 1. The molecule has 106 valence electrons. The molecule has 0 saturated heterocycles. The minimum absolute atomic E-state index is 0.587. The van der Waals surface area contributed by atoms with Gasteiger partial charge in [0.2, 0.25) is 5.88 Å². The van der Waals surface area contributed by atoms with E-state index in [1.54, 1.807) is 4.98 Å². The third-order valence-electron chi connectivity index (χ3n) is 1.94. The van der Waals surface area contributed by atoms with Gasteiger partial charge in [-0.3, -0.25) is 9.59 Å². The number of carbonyl (C=O) groups is 1. The number of nitrogens with one attached hydrogen (secondary N) is 1. The Labute approximate surface area is 101 Å². The molecule has 0 aromatic carbocycles. The van der Waals surface area contributed by atoms with Crippen LogP contribution in [-0.4, -0.2) is 22.4 Å². The van der Waals surface area contributed by atoms with Crippen molar-refractivity contribution in [2.75, 3.05) is 0 Å². The van der Waals surface area contributed by atoms with Gasteiger partial charge in [0.25, 0.3) is 6.43 Å². The van der Waals surface area contributed by atoms with Gasteiger partial charge in [0.15, 0.2) is 5.43 Å². The number of aromatic amines is 1. The van der Waals surface area contributed by atoms with E-state index in [0.717, 1.165) is 0 Å². The van der Waals surface area contributed by atoms with E-state index in [1.165, 1.54) is 0 Å². The predicted molar refractivity (Wildman–Crippen MR) is 50.0 cm³/mol. The maximum absolute atomic E-state index is 12.6. The second-order valence-electron chi connectivity index (χ2n) is 3.30. The molecule has 1 rings (SSSR count). The van der Waals surface area contributed by atoms with Crippen LogP contribution >= 0.6 is 0 Å². The Hall–Kier alpha value is -2.13. The van der Waals surface area contributed by atoms with Crippen molar-refractivity contribution in [1.29, 1.82) is 0 Å². The smallest absolute Gasteiger partial charge is 0.481 e. The van der Waals surface area contributed by atoms with Gasteiger partial charge in [-0.2, -0.15) is 0 Å². The van der Waals surface area contributed by atoms with Crippen molar-refractivity contribution in [3.05, 3.63) is 27.5 Å². The molecule has 1 aromatic rings. The molecule has 19 heavy (non-hydrogen) atoms. The van der Waals surface area contributed by atoms with E-state index in [2.05, 4.69) is 4.74 Å². The minimum Gasteiger partial charge on any atom is -0.481 e. The highest BCUT2D eigenvalue weighted by atomic mass is 19.4. The van der Waals surface area contributed by atoms with Crippen LogP contribution in [-0.2, 0) is 11.2 Å². The lowest BCUT2D eigenvalue weighted by molar-refractivity contribution is -0.276. The molecule has 0 unspecified atom stereocenters. The van der Waals surface area contributed by atoms with Gasteiger partial charge in [-0.15, -0.1) is 13.2 Å². The minimum atomic E-state index is -5.26. The molecule has 0 fully saturated rings. The van der Waals surface area contributed by atoms with Gasteiger partial charge in [0.05, 0.1) is 6.42 Å². The summed E-state index contributed by atoms with van der Waals surface area (Å²) >= 11 is 0. The third-order valence-corrected chi connectivity index (χ3v) is 1.94. The Morgan fingerprint density at radius 1 is 1.42 bits per heavy atom. The molecular weight excluding hydrogens is 281 g/mol. The van der Waals surface area contributed by atoms with Gasteiger partial charge < -0.3 is 14.8 Å². The number of carboxylic acids is 1. The summed E-state index contributed by atoms with van der Waals surface area (Å²) in [6, 6.07) is 0. The van der Waals surface area contributed by atoms with E-state index in [9.17, 15) is 31.5 Å². The lowest BCUT2D eigenvalue weighted by Crippen LogP contribution is -2.24. The first kappa shape index (κ1) is 14.9. The first-order chi connectivity index (χ1) is 8.61. The lowest BCUT2D eigenvalue weighted by Gasteiger charge is -2.12. The number of H-pyrrole nitrogens is 1. The third kappa shape index (κ3) is 3.93. The van der Waals surface area contributed by atoms with E-state index in [4.69, 9.17) is 5.11 Å². The van der Waals surface area contributed by atoms with Gasteiger partial charge in [0.1, 0.15) is 5.56 Å². The molecule has 0 bridgehead atoms. The van der Waals surface area contributed by atoms with E-state index in [0.29, 0.717) is 6.20 Å². The van der Waals surface area contributed by atoms with E-state index >= 15 is 0 Å². The molecule has 0 aliphatic carbocycles. The Bertz CT molecular complexity index is 536. The number of alkyl halides is 5. The number of aliphatic carboxylic acids is 1. The molecule has 10 heteroatoms. The summed E-state index contributed by atoms with van der Waals surface area (Å²) in [6.45, 7) is 0. The summed E-state index contributed by atoms with van der Waals surface area (Å²) < 4.78 is 64.2. The lowest BCUT2D eigenvalue weighted by atomic mass is 10.1. The molecule has 5 nitrogen and oxygen atoms in total. The van der Waals surface area contributed by atoms with Crippen LogP contribution in [0.25, 0.3) is 0 Å². The van der Waals surface area contributed by atoms with Gasteiger partial charge in [-0.05, 0) is 0 Å². The van der Waals surface area contributed by atoms with Crippen LogP contribution < -0.4 is 10.2 Å². The molecule has 1 heterocycles. The number of pyridine rings is 1. The van der Waals surface area contributed by atoms with Gasteiger partial charge in [-0.1, -0.05) is 0 Å². The molecule has 2 N–H and O–H groups in total. The zero-order chi connectivity index (χ0) is 14.8. The molecule has 0 saturated carbocycles. The Morgan fingerprint density at radius 2 is 2.00 bits per heavy atom. The molecule has 0 radical (unpaired) electrons. The maximum Gasteiger partial charge on any atom is 0.574 e. The molecule has 0 atom stereocenters. The van der Waals surface area contributed by atoms with E-state index in [-0.39, 0.29) is 0 Å². The van der Waals surface area contributed by atoms with Crippen LogP contribution in [0.3, 0.4) is 0 Å². The molecule has 0 aliphatic heterocycles. The van der Waals surface area contributed by atoms with Crippen LogP contribution in [0.15, 0.2) is 11.0 Å². The first-order valence-corrected chi connectivity index (χ1v) is 4.62. The van der Waals surface area contributed by atoms with Crippen LogP contribution in [0, 0.1) is 0 Å². The topological polar surface area (TPSA) is 79.4 Å². The quantitative estimate of drug-likeness (QED) is 0.828. The van der Waals surface area contributed by atoms with Gasteiger partial charge in [-0.25, -0.2) is 8.78 Å². The molecule has 0 spiro atoms. The fourth-order valence-corrected chi connectivity index (χ4v) is 1.26. The van der Waals surface area contributed by atoms with Crippen molar-refractivity contribution in [2.24, 2.45) is 0 Å². The molecular formula is C9H6F5NO4. The number of rotatable bonds is 4. The fourth-order valence-electron chi connectivity index (χ4n) is 1.26. The van der Waals surface area contributed by atoms with E-state index < -0.39 is 47.6 Å². The number of halogens is 5. The predicted octanol–water partition coefficient (Wildman–Crippen LogP) is 1.84. The van der Waals surface area contributed by atoms with Gasteiger partial charge >= 0.3 is 12.3 Å². The van der Waals surface area contributed by atoms with Crippen LogP contribution in [0.4, 0.5) is 22.0 Å². The van der Waals surface area contributed by atoms with Crippen molar-refractivity contribution in [1.82, 2.24) is 4.98 Å². The summed E-state index contributed by atoms with van der Waals surface area (Å²) in [5.74, 6) is -2.95. The molecule has 0 aliphatic rings. The van der Waals surface area contributed by atoms with Crippen molar-refractivity contribution in [3.63, 3.8) is 0 Å². The zero-order valence-corrected chi connectivity index (χ0v) is 8.92. The highest BCUT2D eigenvalue weighted by Crippen LogP contribution is 2.28. The van der Waals surface area contributed by atoms with E-state index in [1.807, 2.05) is 0 Å². The zero-order valence-electron chi connectivity index (χ0n) is 8.92. The number of carboxylic acid groups (broad SMARTS) is 1. The average Bonchev–Trinajstić information content (AvgIpc) is 2.19. The van der Waals surface area contributed by atoms with Crippen LogP contribution in [0.1, 0.15) is 17.6 Å². The highest BCUT2D eigenvalue weighted by Gasteiger charge is 2.35. The van der Waals surface area contributed by atoms with Crippen molar-refractivity contribution < 1.29 is 36.6 Å². The number of hydrogen-bond acceptors (Lipinski definition) is 3. The maximum atomic E-state index is 12.6. The molecule has 0 amide bonds. The Kier molecular flexibility index (Phi) is 4.12. The summed E-state index contributed by atoms with van der Waals surface area (Å²) in [6.07, 6.45) is -9.12. The summed E-state index contributed by atoms with van der Waals surface area (Å²) in [5.41, 5.74) is -3.66. The van der Waals surface area contributed by atoms with Crippen LogP contribution in [0.5, 0.6) is 5.88 Å². The highest BCUT2D eigenvalue weighted by molar-refractivity contribution is 5.70. The van der Waals surface area contributed by atoms with Crippen molar-refractivity contribution in [2.45, 2.75) is 19.2 Å². The normalized spacial score (nSPS) is 11.7. The SMILES string of the molecule is O=C(O)Cc1c[nH]c(OC(F)(F)F)c(C(F)F)c1=O. The largest absolute Gasteiger partial charge is 0.574 e. The van der Waals surface area contributed by atoms with Crippen LogP contribution in [0.2, 0.25) is 0 Å². The Balaban J connectivity index is 3.32. The standard InChI is InChI=1S/C9H6F5NO4/c10-7(11)5-6(18)3(1-4(16)17)2-15-8(5)19-9(12,13)14/h2,7H,1H2,(H,15,18)(H,16,17). The number of ether oxygens (including phenoxy) is 1. The van der Waals surface area contributed by atoms with Crippen molar-refractivity contribution in [3.8, 4) is 5.88 Å². The monoisotopic (exact) mass is 287 g/mol. The fraction of sp³-hybridized carbons (Fsp3) is 0.333. The molecule has 1 aromatic heterocycles. The number of hydrogen-bond donors (Lipinski definition) is 2. The summed E-state index contributed by atoms with van der Waals surface area (Å²) in [7, 11) is 0. The van der Waals surface area contributed by atoms with Crippen molar-refractivity contribution >= 4 is 5.97 Å². The van der Waals surface area contributed by atoms with Gasteiger partial charge in [0, 0.05) is 11.8 Å². The summed E-state index contributed by atoms with van der Waals surface area (Å²) in [5, 5.41) is 8.43. The second-order valence-corrected chi connectivity index (χ2v) is 3.30. The first-order valence-electron chi connectivity index (χ1n) is 4.62.